The van der Waals surface area contributed by atoms with E-state index in [1.54, 1.807) is 13.8 Å². The first kappa shape index (κ1) is 17.9. The lowest BCUT2D eigenvalue weighted by atomic mass is 10.1. The van der Waals surface area contributed by atoms with Gasteiger partial charge in [0.05, 0.1) is 6.10 Å². The second-order valence-electron chi connectivity index (χ2n) is 4.94. The van der Waals surface area contributed by atoms with Crippen molar-refractivity contribution in [3.8, 4) is 0 Å². The Morgan fingerprint density at radius 3 is 2.16 bits per heavy atom. The molecule has 0 heterocycles. The van der Waals surface area contributed by atoms with E-state index in [1.165, 1.54) is 25.7 Å². The fourth-order valence-electron chi connectivity index (χ4n) is 1.72. The van der Waals surface area contributed by atoms with E-state index in [0.717, 1.165) is 12.8 Å². The normalized spacial score (nSPS) is 13.7. The van der Waals surface area contributed by atoms with Crippen LogP contribution in [0.5, 0.6) is 0 Å². The van der Waals surface area contributed by atoms with Crippen LogP contribution in [0.2, 0.25) is 0 Å². The van der Waals surface area contributed by atoms with Crippen molar-refractivity contribution < 1.29 is 19.1 Å². The van der Waals surface area contributed by atoms with Crippen LogP contribution in [0, 0.1) is 0 Å². The molecule has 0 amide bonds. The van der Waals surface area contributed by atoms with Crippen molar-refractivity contribution in [1.82, 2.24) is 0 Å². The maximum absolute atomic E-state index is 11.6. The first-order chi connectivity index (χ1) is 9.01. The highest BCUT2D eigenvalue weighted by atomic mass is 16.6. The summed E-state index contributed by atoms with van der Waals surface area (Å²) in [5.41, 5.74) is 0. The molecule has 0 saturated carbocycles. The standard InChI is InChI=1S/C15H28O4/c1-5-7-8-9-10-11-12(3)18-15(17)13(4)19-14(16)6-2/h12-13H,5-11H2,1-4H3. The summed E-state index contributed by atoms with van der Waals surface area (Å²) in [4.78, 5) is 22.7. The van der Waals surface area contributed by atoms with Gasteiger partial charge in [-0.05, 0) is 26.7 Å². The van der Waals surface area contributed by atoms with Crippen molar-refractivity contribution in [3.05, 3.63) is 0 Å². The molecular weight excluding hydrogens is 244 g/mol. The summed E-state index contributed by atoms with van der Waals surface area (Å²) in [6, 6.07) is 0. The lowest BCUT2D eigenvalue weighted by molar-refractivity contribution is -0.169. The number of rotatable bonds is 10. The van der Waals surface area contributed by atoms with Gasteiger partial charge in [-0.3, -0.25) is 4.79 Å². The second kappa shape index (κ2) is 10.8. The van der Waals surface area contributed by atoms with Gasteiger partial charge in [-0.2, -0.15) is 0 Å². The summed E-state index contributed by atoms with van der Waals surface area (Å²) >= 11 is 0. The third-order valence-electron chi connectivity index (χ3n) is 2.96. The first-order valence-corrected chi connectivity index (χ1v) is 7.41. The van der Waals surface area contributed by atoms with Crippen molar-refractivity contribution in [2.45, 2.75) is 84.8 Å². The Hall–Kier alpha value is -1.06. The molecule has 0 aliphatic heterocycles. The lowest BCUT2D eigenvalue weighted by Crippen LogP contribution is -2.28. The topological polar surface area (TPSA) is 52.6 Å². The molecule has 0 fully saturated rings. The minimum Gasteiger partial charge on any atom is -0.460 e. The Labute approximate surface area is 116 Å². The summed E-state index contributed by atoms with van der Waals surface area (Å²) in [7, 11) is 0. The number of esters is 2. The molecule has 0 aliphatic carbocycles. The molecule has 2 atom stereocenters. The van der Waals surface area contributed by atoms with E-state index >= 15 is 0 Å². The molecule has 19 heavy (non-hydrogen) atoms. The maximum atomic E-state index is 11.6. The van der Waals surface area contributed by atoms with Crippen molar-refractivity contribution in [2.75, 3.05) is 0 Å². The molecule has 0 saturated heterocycles. The van der Waals surface area contributed by atoms with Crippen LogP contribution in [0.15, 0.2) is 0 Å². The first-order valence-electron chi connectivity index (χ1n) is 7.41. The highest BCUT2D eigenvalue weighted by Gasteiger charge is 2.20. The molecule has 2 unspecified atom stereocenters. The molecular formula is C15H28O4. The SMILES string of the molecule is CCCCCCCC(C)OC(=O)C(C)OC(=O)CC. The minimum absolute atomic E-state index is 0.114. The van der Waals surface area contributed by atoms with Crippen molar-refractivity contribution in [1.29, 1.82) is 0 Å². The van der Waals surface area contributed by atoms with Gasteiger partial charge in [0.1, 0.15) is 0 Å². The van der Waals surface area contributed by atoms with Gasteiger partial charge in [-0.25, -0.2) is 4.79 Å². The van der Waals surface area contributed by atoms with Crippen LogP contribution < -0.4 is 0 Å². The fraction of sp³-hybridized carbons (Fsp3) is 0.867. The van der Waals surface area contributed by atoms with E-state index in [0.29, 0.717) is 0 Å². The third kappa shape index (κ3) is 9.51. The molecule has 4 heteroatoms. The Morgan fingerprint density at radius 2 is 1.58 bits per heavy atom. The number of carbonyl (C=O) groups is 2. The largest absolute Gasteiger partial charge is 0.460 e. The van der Waals surface area contributed by atoms with Crippen LogP contribution in [0.4, 0.5) is 0 Å². The zero-order valence-electron chi connectivity index (χ0n) is 12.7. The third-order valence-corrected chi connectivity index (χ3v) is 2.96. The number of ether oxygens (including phenoxy) is 2. The smallest absolute Gasteiger partial charge is 0.347 e. The van der Waals surface area contributed by atoms with Crippen LogP contribution in [-0.4, -0.2) is 24.1 Å². The Bertz CT molecular complexity index is 263. The van der Waals surface area contributed by atoms with Gasteiger partial charge in [-0.1, -0.05) is 39.5 Å². The summed E-state index contributed by atoms with van der Waals surface area (Å²) in [6.45, 7) is 7.30. The summed E-state index contributed by atoms with van der Waals surface area (Å²) in [5.74, 6) is -0.834. The average molecular weight is 272 g/mol. The molecule has 0 spiro atoms. The Balaban J connectivity index is 3.76. The van der Waals surface area contributed by atoms with Crippen molar-refractivity contribution in [3.63, 3.8) is 0 Å². The van der Waals surface area contributed by atoms with Crippen molar-refractivity contribution >= 4 is 11.9 Å². The summed E-state index contributed by atoms with van der Waals surface area (Å²) in [5, 5.41) is 0. The van der Waals surface area contributed by atoms with Crippen LogP contribution in [0.25, 0.3) is 0 Å². The molecule has 0 aromatic heterocycles. The number of unbranched alkanes of at least 4 members (excludes halogenated alkanes) is 4. The van der Waals surface area contributed by atoms with Gasteiger partial charge in [0, 0.05) is 6.42 Å². The predicted molar refractivity (Wildman–Crippen MR) is 74.8 cm³/mol. The fourth-order valence-corrected chi connectivity index (χ4v) is 1.72. The quantitative estimate of drug-likeness (QED) is 0.450. The van der Waals surface area contributed by atoms with Gasteiger partial charge in [0.2, 0.25) is 0 Å². The molecule has 0 N–H and O–H groups in total. The summed E-state index contributed by atoms with van der Waals surface area (Å²) in [6.07, 6.45) is 6.18. The number of carbonyl (C=O) groups excluding carboxylic acids is 2. The van der Waals surface area contributed by atoms with Gasteiger partial charge >= 0.3 is 11.9 Å². The molecule has 0 radical (unpaired) electrons. The van der Waals surface area contributed by atoms with E-state index in [9.17, 15) is 9.59 Å². The highest BCUT2D eigenvalue weighted by Crippen LogP contribution is 2.10. The molecule has 0 aromatic rings. The number of hydrogen-bond donors (Lipinski definition) is 0. The van der Waals surface area contributed by atoms with E-state index in [2.05, 4.69) is 6.92 Å². The summed E-state index contributed by atoms with van der Waals surface area (Å²) < 4.78 is 10.2. The van der Waals surface area contributed by atoms with Gasteiger partial charge in [-0.15, -0.1) is 0 Å². The predicted octanol–water partition coefficient (Wildman–Crippen LogP) is 3.62. The zero-order valence-corrected chi connectivity index (χ0v) is 12.7. The average Bonchev–Trinajstić information content (AvgIpc) is 2.38. The van der Waals surface area contributed by atoms with Crippen LogP contribution in [-0.2, 0) is 19.1 Å². The number of hydrogen-bond acceptors (Lipinski definition) is 4. The molecule has 0 rings (SSSR count). The van der Waals surface area contributed by atoms with Crippen LogP contribution in [0.1, 0.15) is 72.6 Å². The van der Waals surface area contributed by atoms with Crippen LogP contribution in [0.3, 0.4) is 0 Å². The molecule has 0 bridgehead atoms. The van der Waals surface area contributed by atoms with Gasteiger partial charge in [0.15, 0.2) is 6.10 Å². The van der Waals surface area contributed by atoms with E-state index in [4.69, 9.17) is 9.47 Å². The minimum atomic E-state index is -0.810. The second-order valence-corrected chi connectivity index (χ2v) is 4.94. The zero-order chi connectivity index (χ0) is 14.7. The molecule has 0 aliphatic rings. The van der Waals surface area contributed by atoms with Crippen molar-refractivity contribution in [2.24, 2.45) is 0 Å². The van der Waals surface area contributed by atoms with E-state index in [-0.39, 0.29) is 18.5 Å². The Kier molecular flexibility index (Phi) is 10.2. The Morgan fingerprint density at radius 1 is 0.947 bits per heavy atom. The highest BCUT2D eigenvalue weighted by molar-refractivity contribution is 5.78. The van der Waals surface area contributed by atoms with E-state index < -0.39 is 12.1 Å². The monoisotopic (exact) mass is 272 g/mol. The van der Waals surface area contributed by atoms with Crippen LogP contribution >= 0.6 is 0 Å². The van der Waals surface area contributed by atoms with Gasteiger partial charge in [0.25, 0.3) is 0 Å². The molecule has 112 valence electrons. The molecule has 0 aromatic carbocycles. The maximum Gasteiger partial charge on any atom is 0.347 e. The molecule has 4 nitrogen and oxygen atoms in total. The lowest BCUT2D eigenvalue weighted by Gasteiger charge is -2.17. The van der Waals surface area contributed by atoms with E-state index in [1.807, 2.05) is 6.92 Å². The van der Waals surface area contributed by atoms with Gasteiger partial charge < -0.3 is 9.47 Å².